The van der Waals surface area contributed by atoms with E-state index in [1.807, 2.05) is 11.9 Å². The molecule has 1 aliphatic heterocycles. The first-order valence-corrected chi connectivity index (χ1v) is 4.85. The Balaban J connectivity index is 2.97. The summed E-state index contributed by atoms with van der Waals surface area (Å²) < 4.78 is 21.8. The molecule has 4 heteroatoms. The minimum Gasteiger partial charge on any atom is -0.377 e. The van der Waals surface area contributed by atoms with Gasteiger partial charge in [0.25, 0.3) is 0 Å². The first-order chi connectivity index (χ1) is 4.51. The highest BCUT2D eigenvalue weighted by Crippen LogP contribution is 2.10. The van der Waals surface area contributed by atoms with Crippen LogP contribution in [0.25, 0.3) is 0 Å². The molecule has 0 aliphatic carbocycles. The van der Waals surface area contributed by atoms with E-state index in [1.165, 1.54) is 5.41 Å². The number of allylic oxidation sites excluding steroid dienone is 1. The Morgan fingerprint density at radius 3 is 2.60 bits per heavy atom. The fourth-order valence-electron chi connectivity index (χ4n) is 0.849. The van der Waals surface area contributed by atoms with Crippen molar-refractivity contribution in [1.29, 1.82) is 0 Å². The molecule has 0 bridgehead atoms. The van der Waals surface area contributed by atoms with Crippen LogP contribution in [0.2, 0.25) is 0 Å². The van der Waals surface area contributed by atoms with Gasteiger partial charge in [-0.15, -0.1) is 0 Å². The van der Waals surface area contributed by atoms with Gasteiger partial charge in [-0.05, 0) is 6.92 Å². The van der Waals surface area contributed by atoms with Crippen LogP contribution in [0.15, 0.2) is 11.1 Å². The van der Waals surface area contributed by atoms with Crippen LogP contribution in [0.1, 0.15) is 6.92 Å². The molecule has 0 radical (unpaired) electrons. The summed E-state index contributed by atoms with van der Waals surface area (Å²) in [5.41, 5.74) is 0.825. The van der Waals surface area contributed by atoms with Crippen molar-refractivity contribution < 1.29 is 8.42 Å². The van der Waals surface area contributed by atoms with Crippen molar-refractivity contribution in [3.8, 4) is 0 Å². The summed E-state index contributed by atoms with van der Waals surface area (Å²) in [4.78, 5) is 1.93. The van der Waals surface area contributed by atoms with Crippen molar-refractivity contribution in [2.45, 2.75) is 6.92 Å². The second-order valence-electron chi connectivity index (χ2n) is 2.55. The molecule has 0 spiro atoms. The zero-order chi connectivity index (χ0) is 7.78. The molecule has 0 amide bonds. The third-order valence-electron chi connectivity index (χ3n) is 1.66. The first-order valence-electron chi connectivity index (χ1n) is 3.13. The lowest BCUT2D eigenvalue weighted by atomic mass is 10.5. The maximum absolute atomic E-state index is 10.9. The van der Waals surface area contributed by atoms with E-state index in [0.717, 1.165) is 5.70 Å². The molecule has 0 aromatic carbocycles. The third kappa shape index (κ3) is 1.50. The summed E-state index contributed by atoms with van der Waals surface area (Å²) in [6.45, 7) is 2.42. The van der Waals surface area contributed by atoms with Gasteiger partial charge in [-0.3, -0.25) is 0 Å². The molecule has 0 N–H and O–H groups in total. The molecule has 10 heavy (non-hydrogen) atoms. The van der Waals surface area contributed by atoms with Crippen molar-refractivity contribution in [2.75, 3.05) is 19.3 Å². The fourth-order valence-corrected chi connectivity index (χ4v) is 2.20. The molecule has 0 saturated carbocycles. The van der Waals surface area contributed by atoms with Crippen LogP contribution >= 0.6 is 0 Å². The Morgan fingerprint density at radius 2 is 2.20 bits per heavy atom. The molecule has 0 aromatic rings. The zero-order valence-corrected chi connectivity index (χ0v) is 6.98. The second kappa shape index (κ2) is 2.27. The Bertz CT molecular complexity index is 253. The molecule has 1 aliphatic rings. The Morgan fingerprint density at radius 1 is 1.60 bits per heavy atom. The molecule has 0 saturated heterocycles. The second-order valence-corrected chi connectivity index (χ2v) is 4.52. The SMILES string of the molecule is CC1=CS(=O)(=O)CCN1C. The monoisotopic (exact) mass is 161 g/mol. The van der Waals surface area contributed by atoms with Crippen molar-refractivity contribution in [1.82, 2.24) is 4.90 Å². The smallest absolute Gasteiger partial charge is 0.175 e. The zero-order valence-electron chi connectivity index (χ0n) is 6.16. The van der Waals surface area contributed by atoms with Gasteiger partial charge in [0.2, 0.25) is 0 Å². The van der Waals surface area contributed by atoms with Gasteiger partial charge >= 0.3 is 0 Å². The molecule has 0 aromatic heterocycles. The molecule has 0 unspecified atom stereocenters. The third-order valence-corrected chi connectivity index (χ3v) is 3.12. The van der Waals surface area contributed by atoms with Crippen LogP contribution in [0.5, 0.6) is 0 Å². The van der Waals surface area contributed by atoms with Gasteiger partial charge in [-0.2, -0.15) is 0 Å². The molecule has 0 atom stereocenters. The van der Waals surface area contributed by atoms with Crippen LogP contribution in [0.3, 0.4) is 0 Å². The van der Waals surface area contributed by atoms with Crippen LogP contribution in [-0.4, -0.2) is 32.7 Å². The van der Waals surface area contributed by atoms with Gasteiger partial charge in [0.05, 0.1) is 5.75 Å². The van der Waals surface area contributed by atoms with Gasteiger partial charge in [0.1, 0.15) is 0 Å². The average molecular weight is 161 g/mol. The number of nitrogens with zero attached hydrogens (tertiary/aromatic N) is 1. The van der Waals surface area contributed by atoms with Crippen LogP contribution in [0, 0.1) is 0 Å². The van der Waals surface area contributed by atoms with Crippen molar-refractivity contribution in [3.05, 3.63) is 11.1 Å². The van der Waals surface area contributed by atoms with Gasteiger partial charge < -0.3 is 4.90 Å². The summed E-state index contributed by atoms with van der Waals surface area (Å²) in [5.74, 6) is 0.251. The van der Waals surface area contributed by atoms with Gasteiger partial charge in [-0.25, -0.2) is 8.42 Å². The van der Waals surface area contributed by atoms with Crippen molar-refractivity contribution >= 4 is 9.84 Å². The van der Waals surface area contributed by atoms with Crippen molar-refractivity contribution in [3.63, 3.8) is 0 Å². The first kappa shape index (κ1) is 7.60. The van der Waals surface area contributed by atoms with E-state index in [0.29, 0.717) is 6.54 Å². The predicted octanol–water partition coefficient (Wildman–Crippen LogP) is 0.208. The number of rotatable bonds is 0. The van der Waals surface area contributed by atoms with E-state index < -0.39 is 9.84 Å². The van der Waals surface area contributed by atoms with Crippen LogP contribution < -0.4 is 0 Å². The largest absolute Gasteiger partial charge is 0.377 e. The van der Waals surface area contributed by atoms with Crippen LogP contribution in [-0.2, 0) is 9.84 Å². The average Bonchev–Trinajstić information content (AvgIpc) is 1.79. The van der Waals surface area contributed by atoms with Crippen LogP contribution in [0.4, 0.5) is 0 Å². The molecular formula is C6H11NO2S. The predicted molar refractivity (Wildman–Crippen MR) is 40.2 cm³/mol. The lowest BCUT2D eigenvalue weighted by Crippen LogP contribution is -2.28. The lowest BCUT2D eigenvalue weighted by Gasteiger charge is -2.23. The highest BCUT2D eigenvalue weighted by molar-refractivity contribution is 7.94. The lowest BCUT2D eigenvalue weighted by molar-refractivity contribution is 0.435. The molecule has 0 fully saturated rings. The molecule has 1 rings (SSSR count). The van der Waals surface area contributed by atoms with Gasteiger partial charge in [0.15, 0.2) is 9.84 Å². The van der Waals surface area contributed by atoms with E-state index in [1.54, 1.807) is 6.92 Å². The normalized spacial score (nSPS) is 24.2. The summed E-state index contributed by atoms with van der Waals surface area (Å²) >= 11 is 0. The molecular weight excluding hydrogens is 150 g/mol. The van der Waals surface area contributed by atoms with E-state index in [9.17, 15) is 8.42 Å². The van der Waals surface area contributed by atoms with E-state index in [2.05, 4.69) is 0 Å². The Labute approximate surface area is 61.3 Å². The summed E-state index contributed by atoms with van der Waals surface area (Å²) in [6.07, 6.45) is 0. The van der Waals surface area contributed by atoms with Crippen molar-refractivity contribution in [2.24, 2.45) is 0 Å². The van der Waals surface area contributed by atoms with E-state index >= 15 is 0 Å². The maximum Gasteiger partial charge on any atom is 0.175 e. The minimum atomic E-state index is -2.87. The number of sulfone groups is 1. The van der Waals surface area contributed by atoms with E-state index in [-0.39, 0.29) is 5.75 Å². The number of hydrogen-bond acceptors (Lipinski definition) is 3. The Hall–Kier alpha value is -0.510. The molecule has 3 nitrogen and oxygen atoms in total. The highest BCUT2D eigenvalue weighted by atomic mass is 32.2. The van der Waals surface area contributed by atoms with Gasteiger partial charge in [-0.1, -0.05) is 0 Å². The Kier molecular flexibility index (Phi) is 1.72. The summed E-state index contributed by atoms with van der Waals surface area (Å²) in [6, 6.07) is 0. The molecule has 1 heterocycles. The molecule has 58 valence electrons. The maximum atomic E-state index is 10.9. The fraction of sp³-hybridized carbons (Fsp3) is 0.667. The minimum absolute atomic E-state index is 0.251. The highest BCUT2D eigenvalue weighted by Gasteiger charge is 2.15. The standard InChI is InChI=1S/C6H11NO2S/c1-6-5-10(8,9)4-3-7(6)2/h5H,3-4H2,1-2H3. The number of hydrogen-bond donors (Lipinski definition) is 0. The van der Waals surface area contributed by atoms with E-state index in [4.69, 9.17) is 0 Å². The van der Waals surface area contributed by atoms with Gasteiger partial charge in [0, 0.05) is 24.7 Å². The summed E-state index contributed by atoms with van der Waals surface area (Å²) in [7, 11) is -0.979. The topological polar surface area (TPSA) is 37.4 Å². The quantitative estimate of drug-likeness (QED) is 0.509. The summed E-state index contributed by atoms with van der Waals surface area (Å²) in [5, 5.41) is 1.33.